The predicted octanol–water partition coefficient (Wildman–Crippen LogP) is 3.57. The highest BCUT2D eigenvalue weighted by Crippen LogP contribution is 2.19. The van der Waals surface area contributed by atoms with Crippen molar-refractivity contribution in [1.82, 2.24) is 9.88 Å². The number of carbonyl (C=O) groups is 1. The molecule has 0 saturated carbocycles. The molecule has 1 saturated heterocycles. The number of piperidine rings is 1. The Balaban J connectivity index is 1.66. The van der Waals surface area contributed by atoms with Gasteiger partial charge in [0.2, 0.25) is 0 Å². The lowest BCUT2D eigenvalue weighted by Crippen LogP contribution is -2.39. The van der Waals surface area contributed by atoms with Gasteiger partial charge in [-0.1, -0.05) is 6.92 Å². The minimum absolute atomic E-state index is 0.00599. The fraction of sp³-hybridized carbons (Fsp3) is 0.316. The number of aromatic nitrogens is 1. The number of hydrogen-bond acceptors (Lipinski definition) is 4. The maximum atomic E-state index is 12.5. The van der Waals surface area contributed by atoms with Crippen LogP contribution in [0, 0.1) is 17.2 Å². The summed E-state index contributed by atoms with van der Waals surface area (Å²) >= 11 is 0. The highest BCUT2D eigenvalue weighted by molar-refractivity contribution is 5.92. The van der Waals surface area contributed by atoms with Crippen molar-refractivity contribution < 1.29 is 4.79 Å². The summed E-state index contributed by atoms with van der Waals surface area (Å²) in [5.74, 6) is 0.562. The molecule has 1 aromatic carbocycles. The van der Waals surface area contributed by atoms with Gasteiger partial charge in [-0.25, -0.2) is 4.98 Å². The van der Waals surface area contributed by atoms with Gasteiger partial charge in [0.25, 0.3) is 5.91 Å². The van der Waals surface area contributed by atoms with Crippen molar-refractivity contribution >= 4 is 17.3 Å². The monoisotopic (exact) mass is 320 g/mol. The number of rotatable bonds is 3. The minimum Gasteiger partial charge on any atom is -0.354 e. The van der Waals surface area contributed by atoms with Gasteiger partial charge in [-0.2, -0.15) is 5.26 Å². The summed E-state index contributed by atoms with van der Waals surface area (Å²) in [6, 6.07) is 12.9. The lowest BCUT2D eigenvalue weighted by molar-refractivity contribution is 0.0677. The molecule has 1 N–H and O–H groups in total. The van der Waals surface area contributed by atoms with Gasteiger partial charge in [0, 0.05) is 18.8 Å². The first-order chi connectivity index (χ1) is 11.7. The first kappa shape index (κ1) is 16.0. The maximum Gasteiger partial charge on any atom is 0.272 e. The summed E-state index contributed by atoms with van der Waals surface area (Å²) in [4.78, 5) is 18.7. The van der Waals surface area contributed by atoms with Crippen LogP contribution in [0.15, 0.2) is 42.6 Å². The number of nitrogens with one attached hydrogen (secondary N) is 1. The van der Waals surface area contributed by atoms with Crippen LogP contribution in [0.25, 0.3) is 0 Å². The normalized spacial score (nSPS) is 17.2. The molecule has 24 heavy (non-hydrogen) atoms. The van der Waals surface area contributed by atoms with Gasteiger partial charge in [0.1, 0.15) is 5.69 Å². The van der Waals surface area contributed by atoms with E-state index in [1.165, 1.54) is 6.42 Å². The summed E-state index contributed by atoms with van der Waals surface area (Å²) in [6.45, 7) is 3.80. The lowest BCUT2D eigenvalue weighted by Gasteiger charge is -2.30. The Labute approximate surface area is 141 Å². The van der Waals surface area contributed by atoms with E-state index < -0.39 is 0 Å². The van der Waals surface area contributed by atoms with Gasteiger partial charge in [-0.3, -0.25) is 4.79 Å². The topological polar surface area (TPSA) is 69.0 Å². The summed E-state index contributed by atoms with van der Waals surface area (Å²) in [5.41, 5.74) is 2.79. The molecule has 1 aromatic heterocycles. The molecule has 1 aliphatic heterocycles. The zero-order chi connectivity index (χ0) is 16.9. The van der Waals surface area contributed by atoms with E-state index in [9.17, 15) is 4.79 Å². The number of amides is 1. The molecule has 1 atom stereocenters. The van der Waals surface area contributed by atoms with E-state index in [0.29, 0.717) is 17.2 Å². The molecule has 2 aromatic rings. The Kier molecular flexibility index (Phi) is 4.76. The molecule has 1 fully saturated rings. The highest BCUT2D eigenvalue weighted by Gasteiger charge is 2.22. The van der Waals surface area contributed by atoms with E-state index in [4.69, 9.17) is 5.26 Å². The van der Waals surface area contributed by atoms with Crippen LogP contribution in [0.3, 0.4) is 0 Å². The standard InChI is InChI=1S/C19H20N4O/c1-14-3-2-10-23(13-14)19(24)18-9-8-17(12-21-18)22-16-6-4-15(11-20)5-7-16/h4-9,12,14,22H,2-3,10,13H2,1H3. The van der Waals surface area contributed by atoms with Gasteiger partial charge in [0.05, 0.1) is 23.5 Å². The van der Waals surface area contributed by atoms with Crippen molar-refractivity contribution in [3.8, 4) is 6.07 Å². The largest absolute Gasteiger partial charge is 0.354 e. The third kappa shape index (κ3) is 3.72. The summed E-state index contributed by atoms with van der Waals surface area (Å²) in [7, 11) is 0. The van der Waals surface area contributed by atoms with Crippen LogP contribution in [0.4, 0.5) is 11.4 Å². The summed E-state index contributed by atoms with van der Waals surface area (Å²) in [6.07, 6.45) is 3.91. The molecule has 3 rings (SSSR count). The van der Waals surface area contributed by atoms with Gasteiger partial charge in [-0.15, -0.1) is 0 Å². The van der Waals surface area contributed by atoms with E-state index in [0.717, 1.165) is 30.9 Å². The van der Waals surface area contributed by atoms with Gasteiger partial charge in [0.15, 0.2) is 0 Å². The van der Waals surface area contributed by atoms with Crippen molar-refractivity contribution in [3.63, 3.8) is 0 Å². The summed E-state index contributed by atoms with van der Waals surface area (Å²) < 4.78 is 0. The number of pyridine rings is 1. The molecular weight excluding hydrogens is 300 g/mol. The van der Waals surface area contributed by atoms with E-state index in [2.05, 4.69) is 23.3 Å². The van der Waals surface area contributed by atoms with Crippen LogP contribution in [0.2, 0.25) is 0 Å². The van der Waals surface area contributed by atoms with E-state index >= 15 is 0 Å². The number of likely N-dealkylation sites (tertiary alicyclic amines) is 1. The molecule has 0 bridgehead atoms. The second kappa shape index (κ2) is 7.14. The van der Waals surface area contributed by atoms with Crippen LogP contribution in [0.5, 0.6) is 0 Å². The van der Waals surface area contributed by atoms with Crippen molar-refractivity contribution in [2.45, 2.75) is 19.8 Å². The third-order valence-electron chi connectivity index (χ3n) is 4.23. The number of benzene rings is 1. The average Bonchev–Trinajstić information content (AvgIpc) is 2.62. The molecule has 5 nitrogen and oxygen atoms in total. The zero-order valence-corrected chi connectivity index (χ0v) is 13.7. The second-order valence-corrected chi connectivity index (χ2v) is 6.24. The number of nitrogens with zero attached hydrogens (tertiary/aromatic N) is 3. The average molecular weight is 320 g/mol. The van der Waals surface area contributed by atoms with E-state index in [-0.39, 0.29) is 5.91 Å². The SMILES string of the molecule is CC1CCCN(C(=O)c2ccc(Nc3ccc(C#N)cc3)cn2)C1. The van der Waals surface area contributed by atoms with Crippen LogP contribution < -0.4 is 5.32 Å². The Morgan fingerprint density at radius 2 is 2.00 bits per heavy atom. The van der Waals surface area contributed by atoms with Gasteiger partial charge < -0.3 is 10.2 Å². The Morgan fingerprint density at radius 3 is 2.62 bits per heavy atom. The molecule has 0 spiro atoms. The minimum atomic E-state index is 0.00599. The second-order valence-electron chi connectivity index (χ2n) is 6.24. The Hall–Kier alpha value is -2.87. The van der Waals surface area contributed by atoms with E-state index in [1.807, 2.05) is 23.1 Å². The van der Waals surface area contributed by atoms with Crippen molar-refractivity contribution in [1.29, 1.82) is 5.26 Å². The fourth-order valence-corrected chi connectivity index (χ4v) is 2.92. The van der Waals surface area contributed by atoms with Crippen LogP contribution in [0.1, 0.15) is 35.8 Å². The number of nitriles is 1. The lowest BCUT2D eigenvalue weighted by atomic mass is 10.00. The van der Waals surface area contributed by atoms with Gasteiger partial charge in [-0.05, 0) is 55.2 Å². The molecular formula is C19H20N4O. The fourth-order valence-electron chi connectivity index (χ4n) is 2.92. The smallest absolute Gasteiger partial charge is 0.272 e. The number of hydrogen-bond donors (Lipinski definition) is 1. The first-order valence-corrected chi connectivity index (χ1v) is 8.18. The van der Waals surface area contributed by atoms with Crippen LogP contribution in [-0.2, 0) is 0 Å². The Morgan fingerprint density at radius 1 is 1.25 bits per heavy atom. The van der Waals surface area contributed by atoms with Crippen molar-refractivity contribution in [2.24, 2.45) is 5.92 Å². The molecule has 1 unspecified atom stereocenters. The number of anilines is 2. The summed E-state index contributed by atoms with van der Waals surface area (Å²) in [5, 5.41) is 12.0. The maximum absolute atomic E-state index is 12.5. The highest BCUT2D eigenvalue weighted by atomic mass is 16.2. The quantitative estimate of drug-likeness (QED) is 0.938. The number of carbonyl (C=O) groups excluding carboxylic acids is 1. The third-order valence-corrected chi connectivity index (χ3v) is 4.23. The molecule has 0 radical (unpaired) electrons. The van der Waals surface area contributed by atoms with Crippen LogP contribution in [-0.4, -0.2) is 28.9 Å². The van der Waals surface area contributed by atoms with Gasteiger partial charge >= 0.3 is 0 Å². The van der Waals surface area contributed by atoms with Crippen molar-refractivity contribution in [2.75, 3.05) is 18.4 Å². The molecule has 0 aliphatic carbocycles. The molecule has 1 aliphatic rings. The predicted molar refractivity (Wildman–Crippen MR) is 93.0 cm³/mol. The molecule has 1 amide bonds. The zero-order valence-electron chi connectivity index (χ0n) is 13.7. The first-order valence-electron chi connectivity index (χ1n) is 8.18. The van der Waals surface area contributed by atoms with Crippen LogP contribution >= 0.6 is 0 Å². The molecule has 2 heterocycles. The van der Waals surface area contributed by atoms with Crippen molar-refractivity contribution in [3.05, 3.63) is 53.9 Å². The molecule has 122 valence electrons. The van der Waals surface area contributed by atoms with E-state index in [1.54, 1.807) is 24.4 Å². The Bertz CT molecular complexity index is 746. The molecule has 5 heteroatoms.